The second-order valence-electron chi connectivity index (χ2n) is 3.38. The van der Waals surface area contributed by atoms with Crippen molar-refractivity contribution in [3.8, 4) is 0 Å². The number of carboxylic acid groups (broad SMARTS) is 1. The van der Waals surface area contributed by atoms with Gasteiger partial charge in [0.05, 0.1) is 0 Å². The molecule has 0 aromatic carbocycles. The average Bonchev–Trinajstić information content (AvgIpc) is 2.61. The van der Waals surface area contributed by atoms with Crippen LogP contribution in [0, 0.1) is 0 Å². The summed E-state index contributed by atoms with van der Waals surface area (Å²) in [5, 5.41) is 8.71. The zero-order chi connectivity index (χ0) is 13.2. The molecule has 6 nitrogen and oxygen atoms in total. The van der Waals surface area contributed by atoms with E-state index in [1.165, 1.54) is 7.05 Å². The van der Waals surface area contributed by atoms with E-state index in [1.807, 2.05) is 6.92 Å². The number of sulfonamides is 1. The lowest BCUT2D eigenvalue weighted by Gasteiger charge is -2.14. The van der Waals surface area contributed by atoms with Crippen LogP contribution in [-0.2, 0) is 10.0 Å². The Kier molecular flexibility index (Phi) is 4.34. The van der Waals surface area contributed by atoms with Crippen molar-refractivity contribution in [1.29, 1.82) is 0 Å². The molecule has 0 amide bonds. The third kappa shape index (κ3) is 2.88. The van der Waals surface area contributed by atoms with Crippen LogP contribution in [0.4, 0.5) is 0 Å². The van der Waals surface area contributed by atoms with Crippen molar-refractivity contribution in [3.05, 3.63) is 16.5 Å². The molecule has 1 aromatic rings. The summed E-state index contributed by atoms with van der Waals surface area (Å²) in [4.78, 5) is 10.5. The first-order chi connectivity index (χ1) is 7.80. The highest BCUT2D eigenvalue weighted by atomic mass is 79.9. The summed E-state index contributed by atoms with van der Waals surface area (Å²) in [5.74, 6) is -1.73. The predicted octanol–water partition coefficient (Wildman–Crippen LogP) is 1.77. The highest BCUT2D eigenvalue weighted by Gasteiger charge is 2.28. The van der Waals surface area contributed by atoms with Crippen molar-refractivity contribution in [2.24, 2.45) is 0 Å². The van der Waals surface area contributed by atoms with Crippen molar-refractivity contribution < 1.29 is 22.7 Å². The van der Waals surface area contributed by atoms with Crippen LogP contribution >= 0.6 is 15.9 Å². The molecule has 1 heterocycles. The summed E-state index contributed by atoms with van der Waals surface area (Å²) < 4.78 is 29.9. The van der Waals surface area contributed by atoms with Crippen LogP contribution in [0.5, 0.6) is 0 Å². The van der Waals surface area contributed by atoms with Crippen LogP contribution < -0.4 is 0 Å². The second-order valence-corrected chi connectivity index (χ2v) is 6.11. The molecule has 1 aromatic heterocycles. The zero-order valence-electron chi connectivity index (χ0n) is 9.31. The number of nitrogens with zero attached hydrogens (tertiary/aromatic N) is 1. The molecular formula is C9H12BrNO5S. The van der Waals surface area contributed by atoms with Crippen molar-refractivity contribution in [1.82, 2.24) is 4.31 Å². The van der Waals surface area contributed by atoms with Gasteiger partial charge in [0.25, 0.3) is 0 Å². The van der Waals surface area contributed by atoms with Crippen LogP contribution in [0.2, 0.25) is 0 Å². The van der Waals surface area contributed by atoms with Crippen molar-refractivity contribution in [2.45, 2.75) is 18.2 Å². The maximum atomic E-state index is 12.0. The zero-order valence-corrected chi connectivity index (χ0v) is 11.7. The standard InChI is InChI=1S/C9H12BrNO5S/c1-3-4-11(2)17(14,15)7-5-6(9(12)13)16-8(7)10/h5H,3-4H2,1-2H3,(H,12,13). The number of rotatable bonds is 5. The number of halogens is 1. The van der Waals surface area contributed by atoms with Crippen LogP contribution in [0.1, 0.15) is 23.9 Å². The van der Waals surface area contributed by atoms with Gasteiger partial charge >= 0.3 is 5.97 Å². The van der Waals surface area contributed by atoms with Crippen LogP contribution in [-0.4, -0.2) is 37.4 Å². The van der Waals surface area contributed by atoms with Gasteiger partial charge in [0.1, 0.15) is 4.90 Å². The van der Waals surface area contributed by atoms with Gasteiger partial charge in [0.2, 0.25) is 15.8 Å². The Hall–Kier alpha value is -0.860. The monoisotopic (exact) mass is 325 g/mol. The van der Waals surface area contributed by atoms with Crippen LogP contribution in [0.15, 0.2) is 20.0 Å². The van der Waals surface area contributed by atoms with Crippen molar-refractivity contribution in [2.75, 3.05) is 13.6 Å². The average molecular weight is 326 g/mol. The van der Waals surface area contributed by atoms with Gasteiger partial charge in [-0.2, -0.15) is 0 Å². The first-order valence-corrected chi connectivity index (χ1v) is 7.03. The Bertz CT molecular complexity index is 521. The molecule has 0 spiro atoms. The molecule has 0 aliphatic heterocycles. The third-order valence-electron chi connectivity index (χ3n) is 2.09. The molecule has 0 radical (unpaired) electrons. The summed E-state index contributed by atoms with van der Waals surface area (Å²) in [6.45, 7) is 2.20. The molecule has 0 unspecified atom stereocenters. The van der Waals surface area contributed by atoms with E-state index in [1.54, 1.807) is 0 Å². The van der Waals surface area contributed by atoms with E-state index in [0.717, 1.165) is 10.4 Å². The number of hydrogen-bond donors (Lipinski definition) is 1. The van der Waals surface area contributed by atoms with Gasteiger partial charge in [-0.15, -0.1) is 0 Å². The minimum absolute atomic E-state index is 0.0992. The highest BCUT2D eigenvalue weighted by Crippen LogP contribution is 2.28. The van der Waals surface area contributed by atoms with Gasteiger partial charge in [-0.05, 0) is 22.4 Å². The fourth-order valence-electron chi connectivity index (χ4n) is 1.24. The quantitative estimate of drug-likeness (QED) is 0.891. The summed E-state index contributed by atoms with van der Waals surface area (Å²) >= 11 is 2.90. The predicted molar refractivity (Wildman–Crippen MR) is 63.5 cm³/mol. The molecule has 0 saturated carbocycles. The Balaban J connectivity index is 3.20. The SMILES string of the molecule is CCCN(C)S(=O)(=O)c1cc(C(=O)O)oc1Br. The molecule has 17 heavy (non-hydrogen) atoms. The number of aromatic carboxylic acids is 1. The van der Waals surface area contributed by atoms with Gasteiger partial charge in [0.15, 0.2) is 4.67 Å². The van der Waals surface area contributed by atoms with E-state index in [9.17, 15) is 13.2 Å². The number of carbonyl (C=O) groups is 1. The van der Waals surface area contributed by atoms with Gasteiger partial charge in [0, 0.05) is 19.7 Å². The van der Waals surface area contributed by atoms with Crippen molar-refractivity contribution >= 4 is 31.9 Å². The van der Waals surface area contributed by atoms with Crippen molar-refractivity contribution in [3.63, 3.8) is 0 Å². The topological polar surface area (TPSA) is 87.8 Å². The molecule has 1 N–H and O–H groups in total. The molecule has 1 rings (SSSR count). The smallest absolute Gasteiger partial charge is 0.371 e. The third-order valence-corrected chi connectivity index (χ3v) is 4.81. The summed E-state index contributed by atoms with van der Waals surface area (Å²) in [6, 6.07) is 0.994. The Morgan fingerprint density at radius 1 is 1.59 bits per heavy atom. The van der Waals surface area contributed by atoms with E-state index in [4.69, 9.17) is 9.52 Å². The highest BCUT2D eigenvalue weighted by molar-refractivity contribution is 9.10. The maximum absolute atomic E-state index is 12.0. The minimum Gasteiger partial charge on any atom is -0.475 e. The van der Waals surface area contributed by atoms with E-state index < -0.39 is 21.8 Å². The van der Waals surface area contributed by atoms with Gasteiger partial charge in [-0.25, -0.2) is 17.5 Å². The normalized spacial score (nSPS) is 12.0. The first-order valence-electron chi connectivity index (χ1n) is 4.79. The second kappa shape index (κ2) is 5.19. The fraction of sp³-hybridized carbons (Fsp3) is 0.444. The van der Waals surface area contributed by atoms with Crippen LogP contribution in [0.25, 0.3) is 0 Å². The number of carboxylic acids is 1. The first kappa shape index (κ1) is 14.2. The molecular weight excluding hydrogens is 314 g/mol. The lowest BCUT2D eigenvalue weighted by atomic mass is 10.5. The van der Waals surface area contributed by atoms with E-state index in [-0.39, 0.29) is 9.56 Å². The molecule has 0 aliphatic carbocycles. The largest absolute Gasteiger partial charge is 0.475 e. The summed E-state index contributed by atoms with van der Waals surface area (Å²) in [5.41, 5.74) is 0. The molecule has 0 bridgehead atoms. The van der Waals surface area contributed by atoms with E-state index in [2.05, 4.69) is 15.9 Å². The van der Waals surface area contributed by atoms with Gasteiger partial charge in [-0.3, -0.25) is 0 Å². The Morgan fingerprint density at radius 2 is 2.18 bits per heavy atom. The fourth-order valence-corrected chi connectivity index (χ4v) is 3.40. The van der Waals surface area contributed by atoms with E-state index >= 15 is 0 Å². The molecule has 0 fully saturated rings. The Morgan fingerprint density at radius 3 is 2.59 bits per heavy atom. The summed E-state index contributed by atoms with van der Waals surface area (Å²) in [6.07, 6.45) is 0.664. The number of furan rings is 1. The number of hydrogen-bond acceptors (Lipinski definition) is 4. The molecule has 96 valence electrons. The molecule has 0 atom stereocenters. The maximum Gasteiger partial charge on any atom is 0.371 e. The lowest BCUT2D eigenvalue weighted by Crippen LogP contribution is -2.27. The van der Waals surface area contributed by atoms with Crippen LogP contribution in [0.3, 0.4) is 0 Å². The van der Waals surface area contributed by atoms with Gasteiger partial charge in [-0.1, -0.05) is 6.92 Å². The lowest BCUT2D eigenvalue weighted by molar-refractivity contribution is 0.0661. The molecule has 0 aliphatic rings. The van der Waals surface area contributed by atoms with E-state index in [0.29, 0.717) is 13.0 Å². The minimum atomic E-state index is -3.72. The van der Waals surface area contributed by atoms with Gasteiger partial charge < -0.3 is 9.52 Å². The molecule has 8 heteroatoms. The Labute approximate surface area is 107 Å². The summed E-state index contributed by atoms with van der Waals surface area (Å²) in [7, 11) is -2.29. The molecule has 0 saturated heterocycles.